The van der Waals surface area contributed by atoms with Gasteiger partial charge in [-0.25, -0.2) is 0 Å². The Kier molecular flexibility index (Phi) is 3.27. The molecule has 2 bridgehead atoms. The first kappa shape index (κ1) is 14.8. The average molecular weight is 312 g/mol. The van der Waals surface area contributed by atoms with Crippen molar-refractivity contribution in [3.05, 3.63) is 35.9 Å². The van der Waals surface area contributed by atoms with E-state index in [1.54, 1.807) is 12.0 Å². The van der Waals surface area contributed by atoms with E-state index in [9.17, 15) is 4.79 Å². The fourth-order valence-corrected chi connectivity index (χ4v) is 4.43. The monoisotopic (exact) mass is 312 g/mol. The number of benzene rings is 1. The zero-order valence-electron chi connectivity index (χ0n) is 14.1. The number of likely N-dealkylation sites (tertiary alicyclic amines) is 1. The summed E-state index contributed by atoms with van der Waals surface area (Å²) in [5, 5.41) is 0. The molecule has 1 aromatic rings. The Morgan fingerprint density at radius 3 is 2.83 bits per heavy atom. The number of ether oxygens (including phenoxy) is 1. The molecule has 1 unspecified atom stereocenters. The molecule has 1 amide bonds. The molecule has 0 saturated carbocycles. The van der Waals surface area contributed by atoms with Crippen LogP contribution in [-0.4, -0.2) is 44.1 Å². The number of rotatable bonds is 4. The van der Waals surface area contributed by atoms with Gasteiger partial charge in [-0.2, -0.15) is 0 Å². The Hall–Kier alpha value is -1.81. The third-order valence-electron chi connectivity index (χ3n) is 5.92. The van der Waals surface area contributed by atoms with Gasteiger partial charge in [0, 0.05) is 31.9 Å². The molecule has 0 aromatic heterocycles. The molecule has 3 atom stereocenters. The van der Waals surface area contributed by atoms with Gasteiger partial charge >= 0.3 is 0 Å². The SMILES string of the molecule is COc1ccc2c(c1)C(C)(CCN1C[C@H]3C=C[C@@H]1C3)C(=O)N2C. The molecule has 23 heavy (non-hydrogen) atoms. The van der Waals surface area contributed by atoms with Gasteiger partial charge in [0.05, 0.1) is 12.5 Å². The summed E-state index contributed by atoms with van der Waals surface area (Å²) in [5.74, 6) is 1.74. The van der Waals surface area contributed by atoms with Crippen molar-refractivity contribution in [3.63, 3.8) is 0 Å². The highest BCUT2D eigenvalue weighted by molar-refractivity contribution is 6.07. The fourth-order valence-electron chi connectivity index (χ4n) is 4.43. The van der Waals surface area contributed by atoms with Crippen molar-refractivity contribution in [1.82, 2.24) is 4.90 Å². The van der Waals surface area contributed by atoms with Crippen molar-refractivity contribution < 1.29 is 9.53 Å². The van der Waals surface area contributed by atoms with E-state index in [1.807, 2.05) is 25.2 Å². The van der Waals surface area contributed by atoms with Crippen LogP contribution in [0.25, 0.3) is 0 Å². The van der Waals surface area contributed by atoms with Crippen LogP contribution in [0, 0.1) is 5.92 Å². The van der Waals surface area contributed by atoms with Crippen LogP contribution < -0.4 is 9.64 Å². The summed E-state index contributed by atoms with van der Waals surface area (Å²) in [4.78, 5) is 17.2. The molecule has 1 aromatic carbocycles. The summed E-state index contributed by atoms with van der Waals surface area (Å²) in [6.45, 7) is 4.20. The van der Waals surface area contributed by atoms with Gasteiger partial charge in [0.1, 0.15) is 5.75 Å². The van der Waals surface area contributed by atoms with Gasteiger partial charge in [-0.1, -0.05) is 12.2 Å². The number of likely N-dealkylation sites (N-methyl/N-ethyl adjacent to an activating group) is 1. The summed E-state index contributed by atoms with van der Waals surface area (Å²) < 4.78 is 5.37. The van der Waals surface area contributed by atoms with Gasteiger partial charge in [-0.15, -0.1) is 0 Å². The first-order valence-corrected chi connectivity index (χ1v) is 8.42. The van der Waals surface area contributed by atoms with Crippen LogP contribution in [0.15, 0.2) is 30.4 Å². The van der Waals surface area contributed by atoms with Crippen LogP contribution in [-0.2, 0) is 10.2 Å². The maximum Gasteiger partial charge on any atom is 0.237 e. The molecular formula is C19H24N2O2. The molecule has 2 heterocycles. The lowest BCUT2D eigenvalue weighted by atomic mass is 9.80. The number of methoxy groups -OCH3 is 1. The summed E-state index contributed by atoms with van der Waals surface area (Å²) in [6.07, 6.45) is 6.79. The molecule has 3 aliphatic rings. The number of fused-ring (bicyclic) bond motifs is 3. The maximum absolute atomic E-state index is 12.9. The lowest BCUT2D eigenvalue weighted by Crippen LogP contribution is -2.40. The largest absolute Gasteiger partial charge is 0.497 e. The normalized spacial score (nSPS) is 32.0. The van der Waals surface area contributed by atoms with Gasteiger partial charge in [0.15, 0.2) is 0 Å². The minimum Gasteiger partial charge on any atom is -0.497 e. The van der Waals surface area contributed by atoms with Gasteiger partial charge < -0.3 is 9.64 Å². The van der Waals surface area contributed by atoms with Crippen molar-refractivity contribution in [2.24, 2.45) is 5.92 Å². The molecular weight excluding hydrogens is 288 g/mol. The zero-order chi connectivity index (χ0) is 16.2. The quantitative estimate of drug-likeness (QED) is 0.801. The van der Waals surface area contributed by atoms with Gasteiger partial charge in [-0.05, 0) is 49.4 Å². The molecule has 122 valence electrons. The number of hydrogen-bond donors (Lipinski definition) is 0. The summed E-state index contributed by atoms with van der Waals surface area (Å²) in [6, 6.07) is 6.55. The third kappa shape index (κ3) is 2.12. The van der Waals surface area contributed by atoms with Gasteiger partial charge in [0.25, 0.3) is 0 Å². The molecule has 2 aliphatic heterocycles. The van der Waals surface area contributed by atoms with Crippen LogP contribution in [0.5, 0.6) is 5.75 Å². The van der Waals surface area contributed by atoms with Crippen LogP contribution in [0.4, 0.5) is 5.69 Å². The molecule has 1 aliphatic carbocycles. The maximum atomic E-state index is 12.9. The second-order valence-electron chi connectivity index (χ2n) is 7.27. The Balaban J connectivity index is 1.59. The van der Waals surface area contributed by atoms with E-state index in [2.05, 4.69) is 24.0 Å². The zero-order valence-corrected chi connectivity index (χ0v) is 14.1. The van der Waals surface area contributed by atoms with E-state index in [0.29, 0.717) is 6.04 Å². The number of nitrogens with zero attached hydrogens (tertiary/aromatic N) is 2. The third-order valence-corrected chi connectivity index (χ3v) is 5.92. The lowest BCUT2D eigenvalue weighted by molar-refractivity contribution is -0.122. The van der Waals surface area contributed by atoms with E-state index in [4.69, 9.17) is 4.74 Å². The predicted molar refractivity (Wildman–Crippen MR) is 91.0 cm³/mol. The highest BCUT2D eigenvalue weighted by Gasteiger charge is 2.46. The van der Waals surface area contributed by atoms with E-state index < -0.39 is 5.41 Å². The van der Waals surface area contributed by atoms with E-state index in [1.165, 1.54) is 6.42 Å². The molecule has 4 rings (SSSR count). The summed E-state index contributed by atoms with van der Waals surface area (Å²) in [5.41, 5.74) is 1.66. The van der Waals surface area contributed by atoms with Crippen LogP contribution in [0.2, 0.25) is 0 Å². The van der Waals surface area contributed by atoms with E-state index in [-0.39, 0.29) is 5.91 Å². The molecule has 0 N–H and O–H groups in total. The van der Waals surface area contributed by atoms with E-state index in [0.717, 1.165) is 42.4 Å². The second kappa shape index (κ2) is 5.10. The molecule has 0 radical (unpaired) electrons. The number of anilines is 1. The Morgan fingerprint density at radius 1 is 1.35 bits per heavy atom. The number of carbonyl (C=O) groups excluding carboxylic acids is 1. The van der Waals surface area contributed by atoms with Crippen molar-refractivity contribution in [3.8, 4) is 5.75 Å². The predicted octanol–water partition coefficient (Wildman–Crippen LogP) is 2.58. The molecule has 1 fully saturated rings. The first-order valence-electron chi connectivity index (χ1n) is 8.42. The van der Waals surface area contributed by atoms with Crippen LogP contribution in [0.1, 0.15) is 25.3 Å². The van der Waals surface area contributed by atoms with Crippen molar-refractivity contribution in [2.45, 2.75) is 31.2 Å². The van der Waals surface area contributed by atoms with Gasteiger partial charge in [-0.3, -0.25) is 9.69 Å². The first-order chi connectivity index (χ1) is 11.0. The highest BCUT2D eigenvalue weighted by Crippen LogP contribution is 2.45. The fraction of sp³-hybridized carbons (Fsp3) is 0.526. The summed E-state index contributed by atoms with van der Waals surface area (Å²) in [7, 11) is 3.55. The molecule has 4 heteroatoms. The Morgan fingerprint density at radius 2 is 2.17 bits per heavy atom. The molecule has 0 spiro atoms. The topological polar surface area (TPSA) is 32.8 Å². The lowest BCUT2D eigenvalue weighted by Gasteiger charge is -2.29. The van der Waals surface area contributed by atoms with Crippen molar-refractivity contribution >= 4 is 11.6 Å². The smallest absolute Gasteiger partial charge is 0.237 e. The average Bonchev–Trinajstić information content (AvgIpc) is 3.24. The molecule has 1 saturated heterocycles. The van der Waals surface area contributed by atoms with Crippen LogP contribution in [0.3, 0.4) is 0 Å². The number of amides is 1. The minimum atomic E-state index is -0.454. The standard InChI is InChI=1S/C19H24N2O2/c1-19(8-9-21-12-13-4-5-14(21)10-13)16-11-15(23-3)6-7-17(16)20(2)18(19)22/h4-7,11,13-14H,8-10,12H2,1-3H3/t13-,14+,19?/m0/s1. The Labute approximate surface area is 137 Å². The van der Waals surface area contributed by atoms with Gasteiger partial charge in [0.2, 0.25) is 5.91 Å². The summed E-state index contributed by atoms with van der Waals surface area (Å²) >= 11 is 0. The van der Waals surface area contributed by atoms with Crippen molar-refractivity contribution in [2.75, 3.05) is 32.1 Å². The number of hydrogen-bond acceptors (Lipinski definition) is 3. The van der Waals surface area contributed by atoms with E-state index >= 15 is 0 Å². The Bertz CT molecular complexity index is 684. The molecule has 4 nitrogen and oxygen atoms in total. The van der Waals surface area contributed by atoms with Crippen LogP contribution >= 0.6 is 0 Å². The highest BCUT2D eigenvalue weighted by atomic mass is 16.5. The number of carbonyl (C=O) groups is 1. The van der Waals surface area contributed by atoms with Crippen molar-refractivity contribution in [1.29, 1.82) is 0 Å². The second-order valence-corrected chi connectivity index (χ2v) is 7.27. The minimum absolute atomic E-state index is 0.195.